The molecule has 28 heavy (non-hydrogen) atoms. The molecule has 5 aromatic rings. The first kappa shape index (κ1) is 17.0. The normalized spacial score (nSPS) is 11.2. The molecule has 0 aliphatic carbocycles. The number of aryl methyl sites for hydroxylation is 1. The third-order valence-corrected chi connectivity index (χ3v) is 6.11. The smallest absolute Gasteiger partial charge is 0.124 e. The van der Waals surface area contributed by atoms with Crippen LogP contribution in [0, 0.1) is 6.92 Å². The van der Waals surface area contributed by atoms with E-state index in [1.54, 1.807) is 11.3 Å². The second-order valence-corrected chi connectivity index (χ2v) is 8.09. The van der Waals surface area contributed by atoms with Crippen LogP contribution in [0.3, 0.4) is 0 Å². The lowest BCUT2D eigenvalue weighted by Crippen LogP contribution is -1.99. The molecule has 0 radical (unpaired) electrons. The third kappa shape index (κ3) is 3.25. The van der Waals surface area contributed by atoms with Gasteiger partial charge in [-0.15, -0.1) is 11.3 Å². The second-order valence-electron chi connectivity index (χ2n) is 7.06. The third-order valence-electron chi connectivity index (χ3n) is 5.04. The molecule has 2 nitrogen and oxygen atoms in total. The number of benzene rings is 4. The summed E-state index contributed by atoms with van der Waals surface area (Å²) in [6.07, 6.45) is 0. The van der Waals surface area contributed by atoms with Gasteiger partial charge in [-0.05, 0) is 65.2 Å². The average molecular weight is 381 g/mol. The Hall–Kier alpha value is -3.17. The molecule has 0 fully saturated rings. The lowest BCUT2D eigenvalue weighted by Gasteiger charge is -2.10. The maximum atomic E-state index is 4.78. The number of thiazole rings is 1. The van der Waals surface area contributed by atoms with Gasteiger partial charge in [-0.3, -0.25) is 0 Å². The summed E-state index contributed by atoms with van der Waals surface area (Å²) in [5.41, 5.74) is 5.94. The van der Waals surface area contributed by atoms with Crippen LogP contribution in [-0.2, 0) is 6.54 Å². The van der Waals surface area contributed by atoms with Crippen LogP contribution in [0.4, 0.5) is 5.69 Å². The quantitative estimate of drug-likeness (QED) is 0.362. The molecule has 1 N–H and O–H groups in total. The van der Waals surface area contributed by atoms with E-state index in [1.807, 2.05) is 0 Å². The molecule has 136 valence electrons. The Morgan fingerprint density at radius 2 is 1.68 bits per heavy atom. The Balaban J connectivity index is 1.36. The maximum absolute atomic E-state index is 4.78. The Morgan fingerprint density at radius 1 is 0.857 bits per heavy atom. The number of rotatable bonds is 4. The van der Waals surface area contributed by atoms with Gasteiger partial charge in [0, 0.05) is 17.8 Å². The number of hydrogen-bond donors (Lipinski definition) is 1. The van der Waals surface area contributed by atoms with Gasteiger partial charge in [-0.2, -0.15) is 0 Å². The van der Waals surface area contributed by atoms with Gasteiger partial charge in [0.1, 0.15) is 5.01 Å². The minimum atomic E-state index is 0.807. The molecule has 1 aromatic heterocycles. The molecule has 0 aliphatic rings. The molecule has 0 spiro atoms. The highest BCUT2D eigenvalue weighted by Crippen LogP contribution is 2.31. The monoisotopic (exact) mass is 380 g/mol. The van der Waals surface area contributed by atoms with Crippen LogP contribution in [-0.4, -0.2) is 4.98 Å². The number of nitrogens with zero attached hydrogens (tertiary/aromatic N) is 1. The largest absolute Gasteiger partial charge is 0.381 e. The Labute approximate surface area is 168 Å². The van der Waals surface area contributed by atoms with E-state index in [0.29, 0.717) is 0 Å². The van der Waals surface area contributed by atoms with Gasteiger partial charge in [-0.25, -0.2) is 4.98 Å². The van der Waals surface area contributed by atoms with Crippen molar-refractivity contribution in [2.75, 3.05) is 5.32 Å². The highest BCUT2D eigenvalue weighted by Gasteiger charge is 2.07. The number of fused-ring (bicyclic) bond motifs is 2. The molecule has 3 heteroatoms. The summed E-state index contributed by atoms with van der Waals surface area (Å²) in [5, 5.41) is 7.20. The zero-order chi connectivity index (χ0) is 18.9. The fourth-order valence-corrected chi connectivity index (χ4v) is 4.60. The number of anilines is 1. The lowest BCUT2D eigenvalue weighted by atomic mass is 10.0. The Kier molecular flexibility index (Phi) is 4.30. The van der Waals surface area contributed by atoms with E-state index >= 15 is 0 Å². The predicted octanol–water partition coefficient (Wildman–Crippen LogP) is 7.04. The molecule has 1 heterocycles. The molecular formula is C25H20N2S. The molecule has 0 bridgehead atoms. The van der Waals surface area contributed by atoms with Gasteiger partial charge in [0.15, 0.2) is 0 Å². The van der Waals surface area contributed by atoms with Crippen molar-refractivity contribution < 1.29 is 0 Å². The van der Waals surface area contributed by atoms with E-state index in [2.05, 4.69) is 97.2 Å². The van der Waals surface area contributed by atoms with Crippen LogP contribution in [0.25, 0.3) is 31.6 Å². The zero-order valence-electron chi connectivity index (χ0n) is 15.6. The van der Waals surface area contributed by atoms with Crippen molar-refractivity contribution in [2.24, 2.45) is 0 Å². The molecule has 0 atom stereocenters. The van der Waals surface area contributed by atoms with Crippen molar-refractivity contribution in [1.29, 1.82) is 0 Å². The van der Waals surface area contributed by atoms with Crippen molar-refractivity contribution in [3.8, 4) is 10.6 Å². The predicted molar refractivity (Wildman–Crippen MR) is 121 cm³/mol. The zero-order valence-corrected chi connectivity index (χ0v) is 16.5. The summed E-state index contributed by atoms with van der Waals surface area (Å²) in [6.45, 7) is 2.93. The standard InChI is InChI=1S/C25H20N2S/c1-17-9-14-23-24(15-17)28-25(27-23)19-10-12-21(13-11-19)26-16-20-7-4-6-18-5-2-3-8-22(18)20/h2-15,26H,16H2,1H3. The average Bonchev–Trinajstić information content (AvgIpc) is 3.16. The topological polar surface area (TPSA) is 24.9 Å². The number of hydrogen-bond acceptors (Lipinski definition) is 3. The minimum Gasteiger partial charge on any atom is -0.381 e. The Morgan fingerprint density at radius 3 is 2.57 bits per heavy atom. The molecule has 0 unspecified atom stereocenters. The number of nitrogens with one attached hydrogen (secondary N) is 1. The van der Waals surface area contributed by atoms with Gasteiger partial charge < -0.3 is 5.32 Å². The second kappa shape index (κ2) is 7.10. The van der Waals surface area contributed by atoms with Crippen LogP contribution in [0.15, 0.2) is 84.9 Å². The van der Waals surface area contributed by atoms with Crippen LogP contribution < -0.4 is 5.32 Å². The molecule has 0 saturated heterocycles. The van der Waals surface area contributed by atoms with Crippen molar-refractivity contribution >= 4 is 38.0 Å². The van der Waals surface area contributed by atoms with Crippen LogP contribution in [0.1, 0.15) is 11.1 Å². The molecule has 0 saturated carbocycles. The lowest BCUT2D eigenvalue weighted by molar-refractivity contribution is 1.17. The van der Waals surface area contributed by atoms with Crippen LogP contribution in [0.5, 0.6) is 0 Å². The van der Waals surface area contributed by atoms with E-state index in [1.165, 1.54) is 26.6 Å². The fraction of sp³-hybridized carbons (Fsp3) is 0.0800. The summed E-state index contributed by atoms with van der Waals surface area (Å²) in [6, 6.07) is 30.0. The number of aromatic nitrogens is 1. The summed E-state index contributed by atoms with van der Waals surface area (Å²) in [5.74, 6) is 0. The summed E-state index contributed by atoms with van der Waals surface area (Å²) in [7, 11) is 0. The first-order valence-corrected chi connectivity index (χ1v) is 10.3. The molecule has 4 aromatic carbocycles. The van der Waals surface area contributed by atoms with Gasteiger partial charge in [0.05, 0.1) is 10.2 Å². The molecule has 0 aliphatic heterocycles. The SMILES string of the molecule is Cc1ccc2nc(-c3ccc(NCc4cccc5ccccc45)cc3)sc2c1. The van der Waals surface area contributed by atoms with Crippen molar-refractivity contribution in [2.45, 2.75) is 13.5 Å². The van der Waals surface area contributed by atoms with Crippen molar-refractivity contribution in [1.82, 2.24) is 4.98 Å². The maximum Gasteiger partial charge on any atom is 0.124 e. The first-order valence-electron chi connectivity index (χ1n) is 9.44. The van der Waals surface area contributed by atoms with Crippen molar-refractivity contribution in [3.05, 3.63) is 96.1 Å². The Bertz CT molecular complexity index is 1260. The van der Waals surface area contributed by atoms with Crippen LogP contribution >= 0.6 is 11.3 Å². The first-order chi connectivity index (χ1) is 13.8. The molecule has 0 amide bonds. The van der Waals surface area contributed by atoms with Gasteiger partial charge in [-0.1, -0.05) is 48.5 Å². The summed E-state index contributed by atoms with van der Waals surface area (Å²) < 4.78 is 1.24. The van der Waals surface area contributed by atoms with E-state index in [0.717, 1.165) is 28.3 Å². The highest BCUT2D eigenvalue weighted by molar-refractivity contribution is 7.21. The highest BCUT2D eigenvalue weighted by atomic mass is 32.1. The van der Waals surface area contributed by atoms with Gasteiger partial charge in [0.2, 0.25) is 0 Å². The van der Waals surface area contributed by atoms with E-state index in [-0.39, 0.29) is 0 Å². The van der Waals surface area contributed by atoms with Gasteiger partial charge in [0.25, 0.3) is 0 Å². The molecular weight excluding hydrogens is 360 g/mol. The fourth-order valence-electron chi connectivity index (χ4n) is 3.53. The van der Waals surface area contributed by atoms with Crippen molar-refractivity contribution in [3.63, 3.8) is 0 Å². The van der Waals surface area contributed by atoms with E-state index < -0.39 is 0 Å². The van der Waals surface area contributed by atoms with Crippen LogP contribution in [0.2, 0.25) is 0 Å². The van der Waals surface area contributed by atoms with Gasteiger partial charge >= 0.3 is 0 Å². The summed E-state index contributed by atoms with van der Waals surface area (Å²) >= 11 is 1.75. The van der Waals surface area contributed by atoms with E-state index in [9.17, 15) is 0 Å². The summed E-state index contributed by atoms with van der Waals surface area (Å²) in [4.78, 5) is 4.78. The van der Waals surface area contributed by atoms with E-state index in [4.69, 9.17) is 4.98 Å². The molecule has 5 rings (SSSR count). The minimum absolute atomic E-state index is 0.807.